The molecule has 0 radical (unpaired) electrons. The molecule has 35 heavy (non-hydrogen) atoms. The fourth-order valence-corrected chi connectivity index (χ4v) is 4.42. The van der Waals surface area contributed by atoms with E-state index in [0.717, 1.165) is 19.4 Å². The number of benzene rings is 1. The normalized spacial score (nSPS) is 17.6. The van der Waals surface area contributed by atoms with E-state index in [-0.39, 0.29) is 30.0 Å². The number of aryl methyl sites for hydroxylation is 1. The molecule has 5 rings (SSSR count). The molecule has 0 spiro atoms. The number of nitrogens with one attached hydrogen (secondary N) is 1. The molecule has 11 heteroatoms. The van der Waals surface area contributed by atoms with Crippen LogP contribution in [0.2, 0.25) is 0 Å². The fraction of sp³-hybridized carbons (Fsp3) is 0.375. The highest BCUT2D eigenvalue weighted by Gasteiger charge is 2.26. The lowest BCUT2D eigenvalue weighted by atomic mass is 10.1. The third-order valence-corrected chi connectivity index (χ3v) is 6.08. The molecule has 3 N–H and O–H groups in total. The van der Waals surface area contributed by atoms with Gasteiger partial charge in [-0.1, -0.05) is 18.1 Å². The summed E-state index contributed by atoms with van der Waals surface area (Å²) < 4.78 is 8.96. The number of carbonyl (C=O) groups is 1. The molecule has 1 fully saturated rings. The minimum atomic E-state index is -0.386. The van der Waals surface area contributed by atoms with Gasteiger partial charge in [-0.3, -0.25) is 14.2 Å². The first kappa shape index (κ1) is 22.6. The van der Waals surface area contributed by atoms with Crippen molar-refractivity contribution in [2.24, 2.45) is 10.8 Å². The summed E-state index contributed by atoms with van der Waals surface area (Å²) in [6.07, 6.45) is 1.91. The third kappa shape index (κ3) is 4.24. The number of fused-ring (bicyclic) bond motifs is 2. The SMILES string of the molecule is CC#CCn1c(N2CCCC(N)C2)nc2c(C)nn(CC3=NNC(=O)c4ccccc4O3)c(=O)c21. The topological polar surface area (TPSA) is 133 Å². The van der Waals surface area contributed by atoms with Crippen molar-refractivity contribution in [3.05, 3.63) is 45.9 Å². The zero-order valence-electron chi connectivity index (χ0n) is 19.6. The number of hydrazone groups is 1. The molecule has 180 valence electrons. The van der Waals surface area contributed by atoms with E-state index >= 15 is 0 Å². The monoisotopic (exact) mass is 474 g/mol. The molecule has 4 heterocycles. The number of aromatic nitrogens is 4. The van der Waals surface area contributed by atoms with Crippen LogP contribution < -0.4 is 26.4 Å². The number of ether oxygens (including phenoxy) is 1. The summed E-state index contributed by atoms with van der Waals surface area (Å²) in [6, 6.07) is 6.87. The maximum absolute atomic E-state index is 13.6. The van der Waals surface area contributed by atoms with Crippen LogP contribution >= 0.6 is 0 Å². The van der Waals surface area contributed by atoms with Gasteiger partial charge in [-0.25, -0.2) is 15.1 Å². The summed E-state index contributed by atoms with van der Waals surface area (Å²) in [6.45, 7) is 5.27. The van der Waals surface area contributed by atoms with Crippen LogP contribution in [0, 0.1) is 18.8 Å². The van der Waals surface area contributed by atoms with Crippen molar-refractivity contribution < 1.29 is 9.53 Å². The predicted octanol–water partition coefficient (Wildman–Crippen LogP) is 0.988. The predicted molar refractivity (Wildman–Crippen MR) is 131 cm³/mol. The summed E-state index contributed by atoms with van der Waals surface area (Å²) >= 11 is 0. The zero-order chi connectivity index (χ0) is 24.5. The summed E-state index contributed by atoms with van der Waals surface area (Å²) in [7, 11) is 0. The van der Waals surface area contributed by atoms with Crippen molar-refractivity contribution in [3.8, 4) is 17.6 Å². The first-order chi connectivity index (χ1) is 17.0. The Morgan fingerprint density at radius 3 is 2.91 bits per heavy atom. The highest BCUT2D eigenvalue weighted by Crippen LogP contribution is 2.25. The Hall–Kier alpha value is -4.17. The van der Waals surface area contributed by atoms with Crippen molar-refractivity contribution in [1.82, 2.24) is 24.8 Å². The molecule has 2 aliphatic heterocycles. The highest BCUT2D eigenvalue weighted by atomic mass is 16.5. The van der Waals surface area contributed by atoms with Crippen LogP contribution in [-0.2, 0) is 13.1 Å². The first-order valence-electron chi connectivity index (χ1n) is 11.5. The Morgan fingerprint density at radius 2 is 2.11 bits per heavy atom. The van der Waals surface area contributed by atoms with Gasteiger partial charge in [0.1, 0.15) is 23.3 Å². The molecule has 2 aliphatic rings. The van der Waals surface area contributed by atoms with Crippen LogP contribution in [0.15, 0.2) is 34.2 Å². The van der Waals surface area contributed by atoms with E-state index in [4.69, 9.17) is 15.5 Å². The highest BCUT2D eigenvalue weighted by molar-refractivity contribution is 5.99. The standard InChI is InChI=1S/C24H26N8O3/c1-3-4-12-31-21-20(26-24(31)30-11-7-8-16(25)13-30)15(2)29-32(23(21)34)14-19-27-28-22(33)17-9-5-6-10-18(17)35-19/h5-6,9-10,16H,7-8,11-14,25H2,1-2H3,(H,28,33). The molecule has 1 aromatic carbocycles. The van der Waals surface area contributed by atoms with Gasteiger partial charge in [0.15, 0.2) is 0 Å². The van der Waals surface area contributed by atoms with Gasteiger partial charge in [0.25, 0.3) is 11.5 Å². The number of carbonyl (C=O) groups excluding carboxylic acids is 1. The van der Waals surface area contributed by atoms with Crippen molar-refractivity contribution in [2.75, 3.05) is 18.0 Å². The van der Waals surface area contributed by atoms with Crippen LogP contribution in [0.5, 0.6) is 5.75 Å². The number of para-hydroxylation sites is 1. The molecule has 1 amide bonds. The van der Waals surface area contributed by atoms with Crippen LogP contribution in [0.25, 0.3) is 11.0 Å². The Bertz CT molecular complexity index is 1460. The molecule has 0 bridgehead atoms. The number of hydrogen-bond donors (Lipinski definition) is 2. The summed E-state index contributed by atoms with van der Waals surface area (Å²) in [4.78, 5) is 32.9. The number of piperidine rings is 1. The Kier molecular flexibility index (Phi) is 5.96. The van der Waals surface area contributed by atoms with Crippen molar-refractivity contribution in [2.45, 2.75) is 45.8 Å². The van der Waals surface area contributed by atoms with Gasteiger partial charge in [-0.15, -0.1) is 11.0 Å². The summed E-state index contributed by atoms with van der Waals surface area (Å²) in [5.41, 5.74) is 10.2. The van der Waals surface area contributed by atoms with E-state index in [1.54, 1.807) is 38.1 Å². The maximum Gasteiger partial charge on any atom is 0.293 e. The quantitative estimate of drug-likeness (QED) is 0.539. The van der Waals surface area contributed by atoms with Gasteiger partial charge in [0.2, 0.25) is 11.8 Å². The molecule has 0 saturated carbocycles. The van der Waals surface area contributed by atoms with Gasteiger partial charge in [0.05, 0.1) is 17.8 Å². The van der Waals surface area contributed by atoms with E-state index in [0.29, 0.717) is 47.1 Å². The smallest absolute Gasteiger partial charge is 0.293 e. The van der Waals surface area contributed by atoms with Gasteiger partial charge in [-0.2, -0.15) is 5.10 Å². The van der Waals surface area contributed by atoms with E-state index < -0.39 is 0 Å². The number of hydrogen-bond acceptors (Lipinski definition) is 8. The Balaban J connectivity index is 1.57. The van der Waals surface area contributed by atoms with Gasteiger partial charge < -0.3 is 15.4 Å². The average Bonchev–Trinajstić information content (AvgIpc) is 3.17. The molecule has 0 aliphatic carbocycles. The minimum Gasteiger partial charge on any atom is -0.439 e. The minimum absolute atomic E-state index is 0.0497. The molecule has 1 saturated heterocycles. The maximum atomic E-state index is 13.6. The lowest BCUT2D eigenvalue weighted by Gasteiger charge is -2.31. The van der Waals surface area contributed by atoms with E-state index in [2.05, 4.69) is 32.4 Å². The van der Waals surface area contributed by atoms with Crippen LogP contribution in [-0.4, -0.2) is 50.3 Å². The molecule has 3 aromatic rings. The van der Waals surface area contributed by atoms with Gasteiger partial charge in [0, 0.05) is 19.1 Å². The van der Waals surface area contributed by atoms with Crippen LogP contribution in [0.4, 0.5) is 5.95 Å². The second-order valence-corrected chi connectivity index (χ2v) is 8.56. The van der Waals surface area contributed by atoms with Crippen molar-refractivity contribution in [3.63, 3.8) is 0 Å². The number of imidazole rings is 1. The third-order valence-electron chi connectivity index (χ3n) is 6.08. The molecular weight excluding hydrogens is 448 g/mol. The number of nitrogens with zero attached hydrogens (tertiary/aromatic N) is 6. The largest absolute Gasteiger partial charge is 0.439 e. The summed E-state index contributed by atoms with van der Waals surface area (Å²) in [5, 5.41) is 8.52. The zero-order valence-corrected chi connectivity index (χ0v) is 19.6. The van der Waals surface area contributed by atoms with Gasteiger partial charge >= 0.3 is 0 Å². The Morgan fingerprint density at radius 1 is 1.29 bits per heavy atom. The van der Waals surface area contributed by atoms with E-state index in [1.165, 1.54) is 4.68 Å². The van der Waals surface area contributed by atoms with E-state index in [9.17, 15) is 9.59 Å². The molecule has 11 nitrogen and oxygen atoms in total. The Labute approximate surface area is 201 Å². The lowest BCUT2D eigenvalue weighted by molar-refractivity contribution is 0.0955. The van der Waals surface area contributed by atoms with Crippen molar-refractivity contribution in [1.29, 1.82) is 0 Å². The number of anilines is 1. The number of nitrogens with two attached hydrogens (primary N) is 1. The average molecular weight is 475 g/mol. The summed E-state index contributed by atoms with van der Waals surface area (Å²) in [5.74, 6) is 6.73. The van der Waals surface area contributed by atoms with Crippen LogP contribution in [0.3, 0.4) is 0 Å². The lowest BCUT2D eigenvalue weighted by Crippen LogP contribution is -2.44. The molecule has 1 unspecified atom stereocenters. The molecule has 1 atom stereocenters. The van der Waals surface area contributed by atoms with Crippen molar-refractivity contribution >= 4 is 28.8 Å². The first-order valence-corrected chi connectivity index (χ1v) is 11.5. The number of amides is 1. The second-order valence-electron chi connectivity index (χ2n) is 8.56. The number of rotatable bonds is 4. The molecule has 2 aromatic heterocycles. The van der Waals surface area contributed by atoms with E-state index in [1.807, 2.05) is 4.57 Å². The second kappa shape index (κ2) is 9.23. The fourth-order valence-electron chi connectivity index (χ4n) is 4.42. The van der Waals surface area contributed by atoms with Gasteiger partial charge in [-0.05, 0) is 38.8 Å². The molecular formula is C24H26N8O3. The van der Waals surface area contributed by atoms with Crippen LogP contribution in [0.1, 0.15) is 35.8 Å².